The van der Waals surface area contributed by atoms with Crippen LogP contribution in [0.25, 0.3) is 10.9 Å². The molecule has 108 valence electrons. The molecule has 2 aromatic rings. The molecule has 1 aromatic carbocycles. The standard InChI is InChI=1S/C15H17F2NO2/c1-3-4-7-15(16,17)12-8-10-5-6-11(20-2)9-13(10)18-14(12)19/h5-6,8-9H,3-4,7H2,1-2H3,(H,18,19). The summed E-state index contributed by atoms with van der Waals surface area (Å²) in [6.45, 7) is 1.84. The highest BCUT2D eigenvalue weighted by molar-refractivity contribution is 5.80. The summed E-state index contributed by atoms with van der Waals surface area (Å²) in [5.74, 6) is -2.53. The number of halogens is 2. The number of aromatic nitrogens is 1. The highest BCUT2D eigenvalue weighted by Crippen LogP contribution is 2.32. The van der Waals surface area contributed by atoms with E-state index in [2.05, 4.69) is 4.98 Å². The lowest BCUT2D eigenvalue weighted by molar-refractivity contribution is -0.0166. The third-order valence-electron chi connectivity index (χ3n) is 3.29. The lowest BCUT2D eigenvalue weighted by Gasteiger charge is -2.16. The smallest absolute Gasteiger partial charge is 0.278 e. The molecule has 1 heterocycles. The van der Waals surface area contributed by atoms with Crippen molar-refractivity contribution in [3.63, 3.8) is 0 Å². The molecule has 0 fully saturated rings. The molecule has 0 aliphatic carbocycles. The van der Waals surface area contributed by atoms with Gasteiger partial charge in [0.2, 0.25) is 0 Å². The Morgan fingerprint density at radius 3 is 2.70 bits per heavy atom. The van der Waals surface area contributed by atoms with Crippen LogP contribution in [0.5, 0.6) is 5.75 Å². The summed E-state index contributed by atoms with van der Waals surface area (Å²) >= 11 is 0. The second-order valence-corrected chi connectivity index (χ2v) is 4.77. The van der Waals surface area contributed by atoms with Gasteiger partial charge < -0.3 is 9.72 Å². The number of rotatable bonds is 5. The van der Waals surface area contributed by atoms with Crippen LogP contribution in [0.1, 0.15) is 31.7 Å². The number of nitrogens with one attached hydrogen (secondary N) is 1. The third-order valence-corrected chi connectivity index (χ3v) is 3.29. The number of pyridine rings is 1. The highest BCUT2D eigenvalue weighted by Gasteiger charge is 2.33. The Labute approximate surface area is 115 Å². The van der Waals surface area contributed by atoms with E-state index in [-0.39, 0.29) is 6.42 Å². The molecule has 20 heavy (non-hydrogen) atoms. The van der Waals surface area contributed by atoms with E-state index in [1.807, 2.05) is 6.92 Å². The Kier molecular flexibility index (Phi) is 4.06. The predicted octanol–water partition coefficient (Wildman–Crippen LogP) is 3.82. The summed E-state index contributed by atoms with van der Waals surface area (Å²) in [6.07, 6.45) is 0.736. The molecule has 2 rings (SSSR count). The monoisotopic (exact) mass is 281 g/mol. The first-order valence-electron chi connectivity index (χ1n) is 6.57. The Bertz CT molecular complexity index is 664. The predicted molar refractivity (Wildman–Crippen MR) is 74.5 cm³/mol. The van der Waals surface area contributed by atoms with Crippen molar-refractivity contribution >= 4 is 10.9 Å². The van der Waals surface area contributed by atoms with Crippen molar-refractivity contribution in [1.29, 1.82) is 0 Å². The number of hydrogen-bond donors (Lipinski definition) is 1. The van der Waals surface area contributed by atoms with Gasteiger partial charge in [-0.1, -0.05) is 13.3 Å². The van der Waals surface area contributed by atoms with Crippen LogP contribution in [-0.2, 0) is 5.92 Å². The average molecular weight is 281 g/mol. The lowest BCUT2D eigenvalue weighted by atomic mass is 10.0. The van der Waals surface area contributed by atoms with Crippen LogP contribution in [0.3, 0.4) is 0 Å². The molecule has 0 radical (unpaired) electrons. The van der Waals surface area contributed by atoms with Gasteiger partial charge >= 0.3 is 0 Å². The first-order chi connectivity index (χ1) is 9.47. The van der Waals surface area contributed by atoms with Crippen molar-refractivity contribution in [1.82, 2.24) is 4.98 Å². The maximum absolute atomic E-state index is 14.0. The van der Waals surface area contributed by atoms with Gasteiger partial charge in [0.1, 0.15) is 5.75 Å². The summed E-state index contributed by atoms with van der Waals surface area (Å²) in [5, 5.41) is 0.566. The molecule has 3 nitrogen and oxygen atoms in total. The molecule has 0 saturated carbocycles. The number of alkyl halides is 2. The Morgan fingerprint density at radius 2 is 2.05 bits per heavy atom. The first kappa shape index (κ1) is 14.5. The number of fused-ring (bicyclic) bond motifs is 1. The fourth-order valence-electron chi connectivity index (χ4n) is 2.11. The zero-order chi connectivity index (χ0) is 14.8. The minimum Gasteiger partial charge on any atom is -0.497 e. The van der Waals surface area contributed by atoms with E-state index < -0.39 is 17.0 Å². The molecule has 0 aliphatic heterocycles. The number of ether oxygens (including phenoxy) is 1. The summed E-state index contributed by atoms with van der Waals surface area (Å²) in [4.78, 5) is 14.4. The van der Waals surface area contributed by atoms with E-state index >= 15 is 0 Å². The van der Waals surface area contributed by atoms with Crippen LogP contribution in [-0.4, -0.2) is 12.1 Å². The molecule has 0 bridgehead atoms. The van der Waals surface area contributed by atoms with Crippen molar-refractivity contribution in [3.8, 4) is 5.75 Å². The van der Waals surface area contributed by atoms with Gasteiger partial charge in [-0.2, -0.15) is 0 Å². The van der Waals surface area contributed by atoms with E-state index in [0.29, 0.717) is 29.5 Å². The molecule has 0 amide bonds. The molecular formula is C15H17F2NO2. The van der Waals surface area contributed by atoms with E-state index in [4.69, 9.17) is 4.74 Å². The molecule has 1 aromatic heterocycles. The molecule has 5 heteroatoms. The third kappa shape index (κ3) is 2.81. The zero-order valence-electron chi connectivity index (χ0n) is 11.5. The van der Waals surface area contributed by atoms with Crippen molar-refractivity contribution < 1.29 is 13.5 Å². The Hall–Kier alpha value is -1.91. The van der Waals surface area contributed by atoms with Crippen LogP contribution in [0.15, 0.2) is 29.1 Å². The SMILES string of the molecule is CCCCC(F)(F)c1cc2ccc(OC)cc2[nH]c1=O. The zero-order valence-corrected chi connectivity index (χ0v) is 11.5. The number of H-pyrrole nitrogens is 1. The molecule has 0 atom stereocenters. The number of hydrogen-bond acceptors (Lipinski definition) is 2. The van der Waals surface area contributed by atoms with Gasteiger partial charge in [-0.15, -0.1) is 0 Å². The van der Waals surface area contributed by atoms with Crippen LogP contribution < -0.4 is 10.3 Å². The average Bonchev–Trinajstić information content (AvgIpc) is 2.43. The van der Waals surface area contributed by atoms with Crippen molar-refractivity contribution in [3.05, 3.63) is 40.2 Å². The van der Waals surface area contributed by atoms with E-state index in [1.54, 1.807) is 18.2 Å². The van der Waals surface area contributed by atoms with Gasteiger partial charge in [-0.05, 0) is 30.0 Å². The molecule has 0 unspecified atom stereocenters. The van der Waals surface area contributed by atoms with Gasteiger partial charge in [-0.3, -0.25) is 4.79 Å². The minimum absolute atomic E-state index is 0.311. The molecule has 0 aliphatic rings. The van der Waals surface area contributed by atoms with E-state index in [1.165, 1.54) is 13.2 Å². The first-order valence-corrected chi connectivity index (χ1v) is 6.57. The molecule has 0 spiro atoms. The number of aromatic amines is 1. The second kappa shape index (κ2) is 5.61. The van der Waals surface area contributed by atoms with Gasteiger partial charge in [0, 0.05) is 12.5 Å². The summed E-state index contributed by atoms with van der Waals surface area (Å²) in [7, 11) is 1.51. The molecule has 1 N–H and O–H groups in total. The number of unbranched alkanes of at least 4 members (excludes halogenated alkanes) is 1. The fourth-order valence-corrected chi connectivity index (χ4v) is 2.11. The molecular weight excluding hydrogens is 264 g/mol. The van der Waals surface area contributed by atoms with Gasteiger partial charge in [0.05, 0.1) is 18.2 Å². The van der Waals surface area contributed by atoms with Crippen molar-refractivity contribution in [2.75, 3.05) is 7.11 Å². The Morgan fingerprint density at radius 1 is 1.30 bits per heavy atom. The fraction of sp³-hybridized carbons (Fsp3) is 0.400. The largest absolute Gasteiger partial charge is 0.497 e. The van der Waals surface area contributed by atoms with E-state index in [0.717, 1.165) is 0 Å². The second-order valence-electron chi connectivity index (χ2n) is 4.77. The maximum Gasteiger partial charge on any atom is 0.278 e. The topological polar surface area (TPSA) is 42.1 Å². The van der Waals surface area contributed by atoms with E-state index in [9.17, 15) is 13.6 Å². The lowest BCUT2D eigenvalue weighted by Crippen LogP contribution is -2.25. The summed E-state index contributed by atoms with van der Waals surface area (Å²) < 4.78 is 33.1. The van der Waals surface area contributed by atoms with Crippen LogP contribution in [0.2, 0.25) is 0 Å². The Balaban J connectivity index is 2.50. The highest BCUT2D eigenvalue weighted by atomic mass is 19.3. The van der Waals surface area contributed by atoms with Gasteiger partial charge in [0.15, 0.2) is 0 Å². The van der Waals surface area contributed by atoms with Crippen LogP contribution in [0.4, 0.5) is 8.78 Å². The van der Waals surface area contributed by atoms with Crippen molar-refractivity contribution in [2.24, 2.45) is 0 Å². The number of benzene rings is 1. The quantitative estimate of drug-likeness (QED) is 0.905. The summed E-state index contributed by atoms with van der Waals surface area (Å²) in [6, 6.07) is 6.21. The van der Waals surface area contributed by atoms with Crippen LogP contribution >= 0.6 is 0 Å². The van der Waals surface area contributed by atoms with Gasteiger partial charge in [0.25, 0.3) is 11.5 Å². The maximum atomic E-state index is 14.0. The molecule has 0 saturated heterocycles. The summed E-state index contributed by atoms with van der Waals surface area (Å²) in [5.41, 5.74) is -0.722. The number of methoxy groups -OCH3 is 1. The van der Waals surface area contributed by atoms with Gasteiger partial charge in [-0.25, -0.2) is 8.78 Å². The minimum atomic E-state index is -3.10. The van der Waals surface area contributed by atoms with Crippen molar-refractivity contribution in [2.45, 2.75) is 32.1 Å². The normalized spacial score (nSPS) is 11.8. The van der Waals surface area contributed by atoms with Crippen LogP contribution in [0, 0.1) is 0 Å².